The Morgan fingerprint density at radius 1 is 1.07 bits per heavy atom. The van der Waals surface area contributed by atoms with Gasteiger partial charge in [0.1, 0.15) is 24.4 Å². The van der Waals surface area contributed by atoms with Crippen molar-refractivity contribution in [3.8, 4) is 0 Å². The van der Waals surface area contributed by atoms with E-state index in [0.717, 1.165) is 0 Å². The van der Waals surface area contributed by atoms with E-state index in [1.807, 2.05) is 0 Å². The van der Waals surface area contributed by atoms with Crippen LogP contribution in [-0.2, 0) is 20.9 Å². The third-order valence-corrected chi connectivity index (χ3v) is 6.31. The van der Waals surface area contributed by atoms with Crippen LogP contribution in [0.25, 0.3) is 11.2 Å². The summed E-state index contributed by atoms with van der Waals surface area (Å²) in [5, 5.41) is 59.3. The Kier molecular flexibility index (Phi) is 11.6. The molecule has 238 valence electrons. The van der Waals surface area contributed by atoms with Gasteiger partial charge in [-0.25, -0.2) is 14.8 Å². The fraction of sp³-hybridized carbons (Fsp3) is 0.400. The third kappa shape index (κ3) is 8.86. The van der Waals surface area contributed by atoms with Gasteiger partial charge >= 0.3 is 11.9 Å². The Hall–Kier alpha value is -4.79. The number of nitrogens with zero attached hydrogens (tertiary/aromatic N) is 3. The molecule has 1 saturated heterocycles. The molecule has 0 radical (unpaired) electrons. The molecule has 44 heavy (non-hydrogen) atoms. The molecule has 3 aromatic rings. The lowest BCUT2D eigenvalue weighted by Gasteiger charge is -2.38. The van der Waals surface area contributed by atoms with Crippen LogP contribution in [0.1, 0.15) is 28.9 Å². The number of carbonyl (C=O) groups excluding carboxylic acids is 1. The van der Waals surface area contributed by atoms with E-state index < -0.39 is 66.7 Å². The number of rotatable bonds is 10. The number of aromatic nitrogens is 4. The molecule has 1 fully saturated rings. The van der Waals surface area contributed by atoms with Crippen molar-refractivity contribution in [1.82, 2.24) is 25.3 Å². The predicted molar refractivity (Wildman–Crippen MR) is 150 cm³/mol. The monoisotopic (exact) mass is 620 g/mol. The number of benzene rings is 1. The highest BCUT2D eigenvalue weighted by molar-refractivity contribution is 5.96. The Morgan fingerprint density at radius 3 is 2.36 bits per heavy atom. The van der Waals surface area contributed by atoms with Crippen LogP contribution >= 0.6 is 0 Å². The van der Waals surface area contributed by atoms with Gasteiger partial charge in [-0.1, -0.05) is 0 Å². The van der Waals surface area contributed by atoms with Crippen LogP contribution in [0.15, 0.2) is 35.3 Å². The number of nitrogen functional groups attached to an aromatic ring is 1. The number of carbonyl (C=O) groups is 3. The number of hydrogen-bond donors (Lipinski definition) is 11. The van der Waals surface area contributed by atoms with E-state index in [1.165, 1.54) is 18.3 Å². The maximum Gasteiger partial charge on any atom is 0.326 e. The van der Waals surface area contributed by atoms with E-state index in [2.05, 4.69) is 30.6 Å². The first kappa shape index (κ1) is 33.7. The minimum Gasteiger partial charge on any atom is -0.481 e. The van der Waals surface area contributed by atoms with Crippen LogP contribution in [-0.4, -0.2) is 112 Å². The number of amides is 1. The number of carboxylic acids is 2. The zero-order valence-electron chi connectivity index (χ0n) is 22.9. The van der Waals surface area contributed by atoms with Gasteiger partial charge in [0.25, 0.3) is 11.5 Å². The first-order chi connectivity index (χ1) is 20.8. The molecule has 4 rings (SSSR count). The molecular formula is C25H32N8O11. The smallest absolute Gasteiger partial charge is 0.326 e. The van der Waals surface area contributed by atoms with Crippen LogP contribution in [0.2, 0.25) is 0 Å². The molecule has 0 bridgehead atoms. The van der Waals surface area contributed by atoms with E-state index in [0.29, 0.717) is 11.4 Å². The fourth-order valence-electron chi connectivity index (χ4n) is 3.87. The molecule has 2 aromatic heterocycles. The second-order valence-electron chi connectivity index (χ2n) is 9.52. The van der Waals surface area contributed by atoms with Gasteiger partial charge < -0.3 is 57.5 Å². The molecule has 0 spiro atoms. The third-order valence-electron chi connectivity index (χ3n) is 6.31. The number of ether oxygens (including phenoxy) is 1. The highest BCUT2D eigenvalue weighted by Gasteiger charge is 2.41. The van der Waals surface area contributed by atoms with Crippen LogP contribution in [0.3, 0.4) is 0 Å². The minimum atomic E-state index is -1.35. The Labute approximate surface area is 247 Å². The van der Waals surface area contributed by atoms with Crippen molar-refractivity contribution in [2.75, 3.05) is 17.7 Å². The zero-order chi connectivity index (χ0) is 32.6. The first-order valence-electron chi connectivity index (χ1n) is 13.0. The van der Waals surface area contributed by atoms with Gasteiger partial charge in [-0.15, -0.1) is 0 Å². The topological polar surface area (TPSA) is 329 Å². The van der Waals surface area contributed by atoms with Gasteiger partial charge in [0, 0.05) is 17.7 Å². The van der Waals surface area contributed by atoms with Crippen molar-refractivity contribution < 1.29 is 49.8 Å². The molecule has 13 N–H and O–H groups in total. The minimum absolute atomic E-state index is 0.0524. The van der Waals surface area contributed by atoms with Gasteiger partial charge in [0.15, 0.2) is 17.5 Å². The number of aliphatic hydroxyl groups excluding tert-OH is 4. The van der Waals surface area contributed by atoms with Gasteiger partial charge in [-0.2, -0.15) is 4.98 Å². The van der Waals surface area contributed by atoms with Crippen LogP contribution < -0.4 is 27.7 Å². The summed E-state index contributed by atoms with van der Waals surface area (Å²) in [4.78, 5) is 60.6. The summed E-state index contributed by atoms with van der Waals surface area (Å²) in [7, 11) is 0. The van der Waals surface area contributed by atoms with Gasteiger partial charge in [-0.05, 0) is 30.7 Å². The molecule has 1 aromatic carbocycles. The lowest BCUT2D eigenvalue weighted by Crippen LogP contribution is -2.61. The molecule has 0 unspecified atom stereocenters. The number of aliphatic hydroxyl groups is 4. The Bertz CT molecular complexity index is 1520. The number of aliphatic carboxylic acids is 2. The Balaban J connectivity index is 0.000000369. The van der Waals surface area contributed by atoms with Crippen LogP contribution in [0.5, 0.6) is 0 Å². The normalized spacial score (nSPS) is 21.9. The molecule has 6 atom stereocenters. The van der Waals surface area contributed by atoms with Crippen LogP contribution in [0, 0.1) is 0 Å². The molecule has 3 heterocycles. The van der Waals surface area contributed by atoms with Crippen molar-refractivity contribution in [2.45, 2.75) is 56.1 Å². The first-order valence-corrected chi connectivity index (χ1v) is 13.0. The molecule has 1 amide bonds. The molecular weight excluding hydrogens is 588 g/mol. The second-order valence-corrected chi connectivity index (χ2v) is 9.52. The van der Waals surface area contributed by atoms with Crippen molar-refractivity contribution in [2.24, 2.45) is 5.73 Å². The lowest BCUT2D eigenvalue weighted by molar-refractivity contribution is -0.248. The van der Waals surface area contributed by atoms with Crippen molar-refractivity contribution in [3.63, 3.8) is 0 Å². The number of fused-ring (bicyclic) bond motifs is 1. The molecule has 1 aliphatic heterocycles. The van der Waals surface area contributed by atoms with E-state index in [1.54, 1.807) is 12.1 Å². The van der Waals surface area contributed by atoms with E-state index in [9.17, 15) is 29.4 Å². The molecule has 19 nitrogen and oxygen atoms in total. The summed E-state index contributed by atoms with van der Waals surface area (Å²) in [6, 6.07) is 3.82. The maximum absolute atomic E-state index is 12.3. The SMILES string of the molecule is N[C@@H]1[C@@H](O)[C@H](O)[C@@H](CO)O[C@H]1O.Nc1nc2ncc(CNc3ccc(C(=O)N[C@@H](CCC(=O)O)C(=O)O)cc3)nc2c(=O)[nH]1. The predicted octanol–water partition coefficient (Wildman–Crippen LogP) is -3.30. The van der Waals surface area contributed by atoms with E-state index in [-0.39, 0.29) is 42.1 Å². The number of hydrogen-bond acceptors (Lipinski definition) is 15. The molecule has 0 saturated carbocycles. The van der Waals surface area contributed by atoms with Gasteiger partial charge in [0.05, 0.1) is 31.1 Å². The molecule has 19 heteroatoms. The van der Waals surface area contributed by atoms with Crippen molar-refractivity contribution >= 4 is 40.6 Å². The summed E-state index contributed by atoms with van der Waals surface area (Å²) in [5.74, 6) is -3.16. The number of anilines is 2. The quantitative estimate of drug-likeness (QED) is 0.106. The standard InChI is InChI=1S/C19H19N7O6.C6H13NO5/c20-19-25-15-14(17(30)26-19)23-11(8-22-15)7-21-10-3-1-9(2-4-10)16(29)24-12(18(31)32)5-6-13(27)28;7-3-5(10)4(9)2(1-8)12-6(3)11/h1-4,8,12,21H,5-7H2,(H,24,29)(H,27,28)(H,31,32)(H3,20,22,25,26,30);2-6,8-11H,1,7H2/t12-;2-,3-,4-,5-,6-/m01/s1. The maximum atomic E-state index is 12.3. The van der Waals surface area contributed by atoms with Crippen molar-refractivity contribution in [1.29, 1.82) is 0 Å². The zero-order valence-corrected chi connectivity index (χ0v) is 22.9. The lowest BCUT2D eigenvalue weighted by atomic mass is 9.98. The average molecular weight is 621 g/mol. The van der Waals surface area contributed by atoms with Crippen molar-refractivity contribution in [3.05, 3.63) is 52.1 Å². The molecule has 1 aliphatic rings. The summed E-state index contributed by atoms with van der Waals surface area (Å²) in [6.07, 6.45) is -4.01. The Morgan fingerprint density at radius 2 is 1.75 bits per heavy atom. The molecule has 0 aliphatic carbocycles. The summed E-state index contributed by atoms with van der Waals surface area (Å²) >= 11 is 0. The fourth-order valence-corrected chi connectivity index (χ4v) is 3.87. The number of aromatic amines is 1. The second kappa shape index (κ2) is 15.1. The average Bonchev–Trinajstić information content (AvgIpc) is 2.99. The number of nitrogens with two attached hydrogens (primary N) is 2. The highest BCUT2D eigenvalue weighted by atomic mass is 16.6. The van der Waals surface area contributed by atoms with E-state index >= 15 is 0 Å². The number of carboxylic acid groups (broad SMARTS) is 2. The summed E-state index contributed by atoms with van der Waals surface area (Å²) in [6.45, 7) is -0.240. The van der Waals surface area contributed by atoms with Crippen LogP contribution in [0.4, 0.5) is 11.6 Å². The highest BCUT2D eigenvalue weighted by Crippen LogP contribution is 2.18. The number of nitrogens with one attached hydrogen (secondary N) is 3. The van der Waals surface area contributed by atoms with Gasteiger partial charge in [0.2, 0.25) is 5.95 Å². The van der Waals surface area contributed by atoms with Gasteiger partial charge in [-0.3, -0.25) is 19.4 Å². The summed E-state index contributed by atoms with van der Waals surface area (Å²) in [5.41, 5.74) is 11.7. The largest absolute Gasteiger partial charge is 0.481 e. The number of H-pyrrole nitrogens is 1. The van der Waals surface area contributed by atoms with E-state index in [4.69, 9.17) is 36.6 Å². The summed E-state index contributed by atoms with van der Waals surface area (Å²) < 4.78 is 4.70.